The normalized spacial score (nSPS) is 11.5. The Morgan fingerprint density at radius 2 is 2.17 bits per heavy atom. The Hall–Kier alpha value is -2.54. The SMILES string of the molecule is CC(C)(C)c1nc(CC(=O)Nc2ccc(-n3cccn3)nc2)cs1. The summed E-state index contributed by atoms with van der Waals surface area (Å²) in [5.74, 6) is 0.599. The second-order valence-corrected chi connectivity index (χ2v) is 7.33. The number of thiazole rings is 1. The van der Waals surface area contributed by atoms with Gasteiger partial charge in [0.25, 0.3) is 0 Å². The van der Waals surface area contributed by atoms with Gasteiger partial charge < -0.3 is 5.32 Å². The van der Waals surface area contributed by atoms with Gasteiger partial charge in [0.1, 0.15) is 0 Å². The molecule has 0 spiro atoms. The largest absolute Gasteiger partial charge is 0.324 e. The fourth-order valence-electron chi connectivity index (χ4n) is 2.10. The third-order valence-electron chi connectivity index (χ3n) is 3.31. The fraction of sp³-hybridized carbons (Fsp3) is 0.294. The lowest BCUT2D eigenvalue weighted by Gasteiger charge is -2.13. The Morgan fingerprint density at radius 1 is 1.33 bits per heavy atom. The summed E-state index contributed by atoms with van der Waals surface area (Å²) in [6.07, 6.45) is 5.39. The topological polar surface area (TPSA) is 72.7 Å². The van der Waals surface area contributed by atoms with Crippen molar-refractivity contribution in [3.63, 3.8) is 0 Å². The van der Waals surface area contributed by atoms with Crippen LogP contribution in [0.1, 0.15) is 31.5 Å². The summed E-state index contributed by atoms with van der Waals surface area (Å²) in [5.41, 5.74) is 1.46. The summed E-state index contributed by atoms with van der Waals surface area (Å²) in [6.45, 7) is 6.34. The molecule has 0 bridgehead atoms. The van der Waals surface area contributed by atoms with E-state index in [9.17, 15) is 4.79 Å². The molecule has 124 valence electrons. The van der Waals surface area contributed by atoms with Gasteiger partial charge in [0, 0.05) is 23.2 Å². The van der Waals surface area contributed by atoms with Crippen LogP contribution in [-0.2, 0) is 16.6 Å². The molecule has 3 aromatic heterocycles. The molecule has 0 saturated carbocycles. The molecular weight excluding hydrogens is 322 g/mol. The molecule has 7 heteroatoms. The smallest absolute Gasteiger partial charge is 0.230 e. The summed E-state index contributed by atoms with van der Waals surface area (Å²) in [4.78, 5) is 21.0. The van der Waals surface area contributed by atoms with Crippen molar-refractivity contribution in [1.29, 1.82) is 0 Å². The van der Waals surface area contributed by atoms with Gasteiger partial charge in [-0.05, 0) is 18.2 Å². The van der Waals surface area contributed by atoms with Crippen molar-refractivity contribution in [1.82, 2.24) is 19.7 Å². The lowest BCUT2D eigenvalue weighted by Crippen LogP contribution is -2.16. The number of hydrogen-bond donors (Lipinski definition) is 1. The first-order chi connectivity index (χ1) is 11.4. The molecule has 3 rings (SSSR count). The van der Waals surface area contributed by atoms with Gasteiger partial charge in [-0.1, -0.05) is 20.8 Å². The summed E-state index contributed by atoms with van der Waals surface area (Å²) < 4.78 is 1.66. The zero-order chi connectivity index (χ0) is 17.2. The molecule has 0 aliphatic heterocycles. The Morgan fingerprint density at radius 3 is 2.75 bits per heavy atom. The minimum absolute atomic E-state index is 0.00560. The van der Waals surface area contributed by atoms with E-state index in [1.54, 1.807) is 28.4 Å². The summed E-state index contributed by atoms with van der Waals surface area (Å²) in [5, 5.41) is 9.94. The van der Waals surface area contributed by atoms with E-state index in [-0.39, 0.29) is 17.7 Å². The minimum Gasteiger partial charge on any atom is -0.324 e. The number of carbonyl (C=O) groups is 1. The third kappa shape index (κ3) is 3.86. The molecule has 0 aromatic carbocycles. The average molecular weight is 341 g/mol. The molecule has 3 aromatic rings. The molecule has 0 saturated heterocycles. The maximum absolute atomic E-state index is 12.2. The van der Waals surface area contributed by atoms with E-state index in [4.69, 9.17) is 0 Å². The van der Waals surface area contributed by atoms with Crippen LogP contribution in [0.4, 0.5) is 5.69 Å². The maximum atomic E-state index is 12.2. The lowest BCUT2D eigenvalue weighted by atomic mass is 9.98. The molecule has 0 aliphatic carbocycles. The van der Waals surface area contributed by atoms with Crippen molar-refractivity contribution in [2.24, 2.45) is 0 Å². The second-order valence-electron chi connectivity index (χ2n) is 6.47. The van der Waals surface area contributed by atoms with Gasteiger partial charge in [-0.15, -0.1) is 11.3 Å². The molecule has 0 aliphatic rings. The fourth-order valence-corrected chi connectivity index (χ4v) is 3.01. The minimum atomic E-state index is -0.102. The van der Waals surface area contributed by atoms with Gasteiger partial charge in [0.05, 0.1) is 29.0 Å². The molecule has 0 fully saturated rings. The van der Waals surface area contributed by atoms with Crippen LogP contribution < -0.4 is 5.32 Å². The van der Waals surface area contributed by atoms with Crippen LogP contribution in [-0.4, -0.2) is 25.7 Å². The second kappa shape index (κ2) is 6.52. The molecule has 0 radical (unpaired) electrons. The zero-order valence-corrected chi connectivity index (χ0v) is 14.7. The Labute approximate surface area is 144 Å². The van der Waals surface area contributed by atoms with Crippen LogP contribution in [0.2, 0.25) is 0 Å². The van der Waals surface area contributed by atoms with Crippen LogP contribution in [0, 0.1) is 0 Å². The van der Waals surface area contributed by atoms with Crippen molar-refractivity contribution in [2.75, 3.05) is 5.32 Å². The maximum Gasteiger partial charge on any atom is 0.230 e. The molecule has 6 nitrogen and oxygen atoms in total. The van der Waals surface area contributed by atoms with Crippen LogP contribution >= 0.6 is 11.3 Å². The number of carbonyl (C=O) groups excluding carboxylic acids is 1. The Kier molecular flexibility index (Phi) is 4.44. The summed E-state index contributed by atoms with van der Waals surface area (Å²) in [7, 11) is 0. The highest BCUT2D eigenvalue weighted by Gasteiger charge is 2.18. The van der Waals surface area contributed by atoms with E-state index in [0.717, 1.165) is 10.7 Å². The van der Waals surface area contributed by atoms with Crippen LogP contribution in [0.15, 0.2) is 42.2 Å². The summed E-state index contributed by atoms with van der Waals surface area (Å²) in [6, 6.07) is 5.45. The van der Waals surface area contributed by atoms with Crippen molar-refractivity contribution in [3.8, 4) is 5.82 Å². The zero-order valence-electron chi connectivity index (χ0n) is 13.9. The Bertz CT molecular complexity index is 816. The lowest BCUT2D eigenvalue weighted by molar-refractivity contribution is -0.115. The highest BCUT2D eigenvalue weighted by Crippen LogP contribution is 2.25. The number of nitrogens with zero attached hydrogens (tertiary/aromatic N) is 4. The van der Waals surface area contributed by atoms with Gasteiger partial charge in [0.2, 0.25) is 5.91 Å². The van der Waals surface area contributed by atoms with Crippen molar-refractivity contribution < 1.29 is 4.79 Å². The molecular formula is C17H19N5OS. The first-order valence-electron chi connectivity index (χ1n) is 7.62. The number of nitrogens with one attached hydrogen (secondary N) is 1. The number of pyridine rings is 1. The van der Waals surface area contributed by atoms with Crippen LogP contribution in [0.25, 0.3) is 5.82 Å². The van der Waals surface area contributed by atoms with E-state index in [0.29, 0.717) is 11.5 Å². The number of rotatable bonds is 4. The van der Waals surface area contributed by atoms with Crippen molar-refractivity contribution in [3.05, 3.63) is 52.9 Å². The number of aromatic nitrogens is 4. The van der Waals surface area contributed by atoms with Gasteiger partial charge in [-0.25, -0.2) is 14.6 Å². The summed E-state index contributed by atoms with van der Waals surface area (Å²) >= 11 is 1.59. The monoisotopic (exact) mass is 341 g/mol. The first kappa shape index (κ1) is 16.3. The number of hydrogen-bond acceptors (Lipinski definition) is 5. The highest BCUT2D eigenvalue weighted by atomic mass is 32.1. The van der Waals surface area contributed by atoms with E-state index >= 15 is 0 Å². The molecule has 0 unspecified atom stereocenters. The molecule has 24 heavy (non-hydrogen) atoms. The quantitative estimate of drug-likeness (QED) is 0.791. The average Bonchev–Trinajstić information content (AvgIpc) is 3.18. The van der Waals surface area contributed by atoms with E-state index < -0.39 is 0 Å². The predicted molar refractivity (Wildman–Crippen MR) is 94.5 cm³/mol. The van der Waals surface area contributed by atoms with Gasteiger partial charge in [-0.2, -0.15) is 5.10 Å². The van der Waals surface area contributed by atoms with E-state index in [2.05, 4.69) is 41.2 Å². The van der Waals surface area contributed by atoms with Gasteiger partial charge in [0.15, 0.2) is 5.82 Å². The van der Waals surface area contributed by atoms with Crippen molar-refractivity contribution >= 4 is 22.9 Å². The molecule has 3 heterocycles. The first-order valence-corrected chi connectivity index (χ1v) is 8.50. The molecule has 1 amide bonds. The predicted octanol–water partition coefficient (Wildman–Crippen LogP) is 3.20. The van der Waals surface area contributed by atoms with E-state index in [1.807, 2.05) is 29.8 Å². The van der Waals surface area contributed by atoms with E-state index in [1.165, 1.54) is 0 Å². The third-order valence-corrected chi connectivity index (χ3v) is 4.62. The highest BCUT2D eigenvalue weighted by molar-refractivity contribution is 7.09. The van der Waals surface area contributed by atoms with Crippen LogP contribution in [0.3, 0.4) is 0 Å². The molecule has 1 N–H and O–H groups in total. The Balaban J connectivity index is 1.61. The standard InChI is InChI=1S/C17H19N5OS/c1-17(2,3)16-21-13(11-24-16)9-15(23)20-12-5-6-14(18-10-12)22-8-4-7-19-22/h4-8,10-11H,9H2,1-3H3,(H,20,23). The number of amides is 1. The molecule has 0 atom stereocenters. The van der Waals surface area contributed by atoms with Crippen molar-refractivity contribution in [2.45, 2.75) is 32.6 Å². The number of anilines is 1. The van der Waals surface area contributed by atoms with Gasteiger partial charge >= 0.3 is 0 Å². The van der Waals surface area contributed by atoms with Gasteiger partial charge in [-0.3, -0.25) is 4.79 Å². The van der Waals surface area contributed by atoms with Crippen LogP contribution in [0.5, 0.6) is 0 Å².